The number of imidazole rings is 1. The number of aryl methyl sites for hydroxylation is 1. The summed E-state index contributed by atoms with van der Waals surface area (Å²) in [5.74, 6) is 0.586. The number of aromatic nitrogens is 2. The van der Waals surface area contributed by atoms with Crippen LogP contribution in [0, 0.1) is 11.3 Å². The van der Waals surface area contributed by atoms with Gasteiger partial charge in [-0.15, -0.1) is 0 Å². The summed E-state index contributed by atoms with van der Waals surface area (Å²) in [7, 11) is 1.38. The van der Waals surface area contributed by atoms with E-state index in [1.54, 1.807) is 6.07 Å². The molecule has 2 aromatic carbocycles. The predicted molar refractivity (Wildman–Crippen MR) is 99.9 cm³/mol. The van der Waals surface area contributed by atoms with Crippen molar-refractivity contribution in [2.24, 2.45) is 0 Å². The number of hydrogen-bond acceptors (Lipinski definition) is 4. The second-order valence-electron chi connectivity index (χ2n) is 6.19. The number of benzene rings is 2. The highest BCUT2D eigenvalue weighted by atomic mass is 16.5. The van der Waals surface area contributed by atoms with Crippen molar-refractivity contribution in [1.82, 2.24) is 9.55 Å². The SMILES string of the molecule is CCCCc1nc2c(C(=O)OC)cccc2n1Cc1ccc(C#N)cc1. The number of carbonyl (C=O) groups excluding carboxylic acids is 1. The molecule has 1 aromatic heterocycles. The average Bonchev–Trinajstić information content (AvgIpc) is 3.03. The summed E-state index contributed by atoms with van der Waals surface area (Å²) < 4.78 is 7.05. The van der Waals surface area contributed by atoms with E-state index in [2.05, 4.69) is 17.6 Å². The summed E-state index contributed by atoms with van der Waals surface area (Å²) in [6.07, 6.45) is 2.95. The molecule has 0 N–H and O–H groups in total. The third-order valence-electron chi connectivity index (χ3n) is 4.44. The van der Waals surface area contributed by atoms with Gasteiger partial charge >= 0.3 is 5.97 Å². The van der Waals surface area contributed by atoms with Crippen LogP contribution in [0.5, 0.6) is 0 Å². The standard InChI is InChI=1S/C21H21N3O2/c1-3-4-8-19-23-20-17(21(25)26-2)6-5-7-18(20)24(19)14-16-11-9-15(13-22)10-12-16/h5-7,9-12H,3-4,8,14H2,1-2H3. The van der Waals surface area contributed by atoms with E-state index in [0.717, 1.165) is 36.2 Å². The van der Waals surface area contributed by atoms with E-state index >= 15 is 0 Å². The molecule has 132 valence electrons. The lowest BCUT2D eigenvalue weighted by Crippen LogP contribution is -2.05. The maximum Gasteiger partial charge on any atom is 0.340 e. The van der Waals surface area contributed by atoms with Crippen LogP contribution in [0.1, 0.15) is 47.1 Å². The number of esters is 1. The zero-order chi connectivity index (χ0) is 18.5. The Labute approximate surface area is 152 Å². The Bertz CT molecular complexity index is 965. The number of nitrogens with zero attached hydrogens (tertiary/aromatic N) is 3. The third-order valence-corrected chi connectivity index (χ3v) is 4.44. The van der Waals surface area contributed by atoms with Gasteiger partial charge in [0.25, 0.3) is 0 Å². The molecule has 0 fully saturated rings. The Morgan fingerprint density at radius 2 is 2.00 bits per heavy atom. The fraction of sp³-hybridized carbons (Fsp3) is 0.286. The van der Waals surface area contributed by atoms with E-state index in [1.807, 2.05) is 36.4 Å². The molecule has 0 amide bonds. The molecule has 0 radical (unpaired) electrons. The molecule has 0 unspecified atom stereocenters. The Morgan fingerprint density at radius 1 is 1.23 bits per heavy atom. The van der Waals surface area contributed by atoms with Crippen LogP contribution in [-0.2, 0) is 17.7 Å². The Morgan fingerprint density at radius 3 is 2.65 bits per heavy atom. The first-order valence-electron chi connectivity index (χ1n) is 8.73. The van der Waals surface area contributed by atoms with Crippen LogP contribution in [-0.4, -0.2) is 22.6 Å². The molecule has 0 atom stereocenters. The molecule has 0 saturated carbocycles. The van der Waals surface area contributed by atoms with Gasteiger partial charge in [-0.1, -0.05) is 31.5 Å². The number of para-hydroxylation sites is 1. The summed E-state index contributed by atoms with van der Waals surface area (Å²) in [6.45, 7) is 2.79. The lowest BCUT2D eigenvalue weighted by molar-refractivity contribution is 0.0603. The Kier molecular flexibility index (Phi) is 5.33. The zero-order valence-corrected chi connectivity index (χ0v) is 15.0. The molecule has 5 nitrogen and oxygen atoms in total. The number of rotatable bonds is 6. The third kappa shape index (κ3) is 3.45. The smallest absolute Gasteiger partial charge is 0.340 e. The number of hydrogen-bond donors (Lipinski definition) is 0. The Hall–Kier alpha value is -3.13. The van der Waals surface area contributed by atoms with E-state index < -0.39 is 0 Å². The van der Waals surface area contributed by atoms with Gasteiger partial charge < -0.3 is 9.30 Å². The molecule has 3 rings (SSSR count). The minimum Gasteiger partial charge on any atom is -0.465 e. The van der Waals surface area contributed by atoms with Crippen LogP contribution in [0.15, 0.2) is 42.5 Å². The van der Waals surface area contributed by atoms with E-state index in [1.165, 1.54) is 7.11 Å². The lowest BCUT2D eigenvalue weighted by atomic mass is 10.1. The molecular formula is C21H21N3O2. The number of methoxy groups -OCH3 is 1. The van der Waals surface area contributed by atoms with Crippen molar-refractivity contribution in [3.8, 4) is 6.07 Å². The Balaban J connectivity index is 2.08. The quantitative estimate of drug-likeness (QED) is 0.630. The largest absolute Gasteiger partial charge is 0.465 e. The molecule has 0 saturated heterocycles. The molecular weight excluding hydrogens is 326 g/mol. The van der Waals surface area contributed by atoms with Gasteiger partial charge in [0.2, 0.25) is 0 Å². The second kappa shape index (κ2) is 7.83. The molecule has 1 heterocycles. The second-order valence-corrected chi connectivity index (χ2v) is 6.19. The van der Waals surface area contributed by atoms with Crippen LogP contribution in [0.25, 0.3) is 11.0 Å². The van der Waals surface area contributed by atoms with Crippen LogP contribution < -0.4 is 0 Å². The molecule has 0 spiro atoms. The van der Waals surface area contributed by atoms with Crippen molar-refractivity contribution in [2.75, 3.05) is 7.11 Å². The first-order valence-corrected chi connectivity index (χ1v) is 8.73. The number of nitriles is 1. The summed E-state index contributed by atoms with van der Waals surface area (Å²) in [4.78, 5) is 16.8. The van der Waals surface area contributed by atoms with Gasteiger partial charge in [0.1, 0.15) is 11.3 Å². The van der Waals surface area contributed by atoms with Crippen molar-refractivity contribution in [3.05, 3.63) is 65.0 Å². The van der Waals surface area contributed by atoms with Crippen molar-refractivity contribution in [1.29, 1.82) is 5.26 Å². The predicted octanol–water partition coefficient (Wildman–Crippen LogP) is 4.09. The van der Waals surface area contributed by atoms with Gasteiger partial charge in [0.15, 0.2) is 0 Å². The molecule has 0 aliphatic carbocycles. The minimum absolute atomic E-state index is 0.374. The zero-order valence-electron chi connectivity index (χ0n) is 15.0. The minimum atomic E-state index is -0.374. The number of ether oxygens (including phenoxy) is 1. The van der Waals surface area contributed by atoms with Gasteiger partial charge in [0, 0.05) is 13.0 Å². The summed E-state index contributed by atoms with van der Waals surface area (Å²) in [5, 5.41) is 8.96. The highest BCUT2D eigenvalue weighted by Crippen LogP contribution is 2.23. The number of fused-ring (bicyclic) bond motifs is 1. The molecule has 3 aromatic rings. The van der Waals surface area contributed by atoms with Crippen molar-refractivity contribution in [2.45, 2.75) is 32.7 Å². The fourth-order valence-electron chi connectivity index (χ4n) is 3.04. The van der Waals surface area contributed by atoms with Gasteiger partial charge in [0.05, 0.1) is 29.8 Å². The van der Waals surface area contributed by atoms with Crippen LogP contribution in [0.2, 0.25) is 0 Å². The topological polar surface area (TPSA) is 67.9 Å². The lowest BCUT2D eigenvalue weighted by Gasteiger charge is -2.10. The monoisotopic (exact) mass is 347 g/mol. The van der Waals surface area contributed by atoms with Gasteiger partial charge in [-0.2, -0.15) is 5.26 Å². The molecule has 0 bridgehead atoms. The van der Waals surface area contributed by atoms with Gasteiger partial charge in [-0.25, -0.2) is 9.78 Å². The van der Waals surface area contributed by atoms with E-state index in [9.17, 15) is 4.79 Å². The van der Waals surface area contributed by atoms with Crippen molar-refractivity contribution >= 4 is 17.0 Å². The van der Waals surface area contributed by atoms with Crippen molar-refractivity contribution in [3.63, 3.8) is 0 Å². The van der Waals surface area contributed by atoms with Crippen molar-refractivity contribution < 1.29 is 9.53 Å². The van der Waals surface area contributed by atoms with Crippen LogP contribution in [0.3, 0.4) is 0 Å². The summed E-state index contributed by atoms with van der Waals surface area (Å²) >= 11 is 0. The highest BCUT2D eigenvalue weighted by Gasteiger charge is 2.17. The van der Waals surface area contributed by atoms with Crippen LogP contribution in [0.4, 0.5) is 0 Å². The normalized spacial score (nSPS) is 10.7. The van der Waals surface area contributed by atoms with E-state index in [4.69, 9.17) is 15.0 Å². The maximum atomic E-state index is 12.1. The average molecular weight is 347 g/mol. The van der Waals surface area contributed by atoms with Gasteiger partial charge in [-0.3, -0.25) is 0 Å². The summed E-state index contributed by atoms with van der Waals surface area (Å²) in [5.41, 5.74) is 3.82. The first kappa shape index (κ1) is 17.7. The maximum absolute atomic E-state index is 12.1. The summed E-state index contributed by atoms with van der Waals surface area (Å²) in [6, 6.07) is 15.3. The highest BCUT2D eigenvalue weighted by molar-refractivity contribution is 6.02. The van der Waals surface area contributed by atoms with Crippen LogP contribution >= 0.6 is 0 Å². The van der Waals surface area contributed by atoms with E-state index in [-0.39, 0.29) is 5.97 Å². The van der Waals surface area contributed by atoms with E-state index in [0.29, 0.717) is 23.2 Å². The van der Waals surface area contributed by atoms with Gasteiger partial charge in [-0.05, 0) is 36.2 Å². The number of unbranched alkanes of at least 4 members (excludes halogenated alkanes) is 1. The number of carbonyl (C=O) groups is 1. The fourth-order valence-corrected chi connectivity index (χ4v) is 3.04. The first-order chi connectivity index (χ1) is 12.7. The molecule has 5 heteroatoms. The molecule has 0 aliphatic rings. The molecule has 26 heavy (non-hydrogen) atoms. The molecule has 0 aliphatic heterocycles.